The summed E-state index contributed by atoms with van der Waals surface area (Å²) in [6.07, 6.45) is 4.05. The van der Waals surface area contributed by atoms with Crippen LogP contribution in [0.2, 0.25) is 5.02 Å². The Hall–Kier alpha value is -2.51. The fourth-order valence-electron chi connectivity index (χ4n) is 3.27. The minimum absolute atomic E-state index is 0.112. The highest BCUT2D eigenvalue weighted by Gasteiger charge is 2.31. The number of amides is 1. The molecule has 144 valence electrons. The first-order valence-electron chi connectivity index (χ1n) is 9.01. The van der Waals surface area contributed by atoms with Crippen molar-refractivity contribution in [3.63, 3.8) is 0 Å². The Morgan fingerprint density at radius 2 is 2.07 bits per heavy atom. The number of ether oxygens (including phenoxy) is 1. The molecule has 0 spiro atoms. The summed E-state index contributed by atoms with van der Waals surface area (Å²) >= 11 is 7.69. The van der Waals surface area contributed by atoms with Gasteiger partial charge in [-0.2, -0.15) is 0 Å². The van der Waals surface area contributed by atoms with E-state index in [0.29, 0.717) is 40.5 Å². The summed E-state index contributed by atoms with van der Waals surface area (Å²) in [6.45, 7) is 6.93. The second-order valence-electron chi connectivity index (χ2n) is 6.60. The highest BCUT2D eigenvalue weighted by molar-refractivity contribution is 7.15. The maximum absolute atomic E-state index is 13.0. The molecule has 0 aliphatic carbocycles. The summed E-state index contributed by atoms with van der Waals surface area (Å²) in [6, 6.07) is 3.89. The number of fused-ring (bicyclic) bond motifs is 1. The molecule has 6 nitrogen and oxygen atoms in total. The van der Waals surface area contributed by atoms with E-state index < -0.39 is 0 Å². The fraction of sp³-hybridized carbons (Fsp3) is 0.300. The lowest BCUT2D eigenvalue weighted by atomic mass is 10.1. The zero-order chi connectivity index (χ0) is 19.8. The molecule has 0 fully saturated rings. The van der Waals surface area contributed by atoms with E-state index in [1.165, 1.54) is 11.3 Å². The minimum atomic E-state index is -0.112. The van der Waals surface area contributed by atoms with Crippen LogP contribution in [0.15, 0.2) is 24.5 Å². The Bertz CT molecular complexity index is 1070. The molecular weight excluding hydrogens is 396 g/mol. The number of anilines is 1. The van der Waals surface area contributed by atoms with E-state index in [1.807, 2.05) is 33.0 Å². The molecule has 0 radical (unpaired) electrons. The number of pyridine rings is 2. The number of nitrogens with zero attached hydrogens (tertiary/aromatic N) is 4. The Labute approximate surface area is 172 Å². The van der Waals surface area contributed by atoms with Crippen molar-refractivity contribution in [1.29, 1.82) is 0 Å². The van der Waals surface area contributed by atoms with Gasteiger partial charge < -0.3 is 4.74 Å². The maximum Gasteiger partial charge on any atom is 0.274 e. The van der Waals surface area contributed by atoms with E-state index >= 15 is 0 Å². The van der Waals surface area contributed by atoms with E-state index in [1.54, 1.807) is 11.1 Å². The molecule has 1 aliphatic rings. The first kappa shape index (κ1) is 18.8. The van der Waals surface area contributed by atoms with Gasteiger partial charge in [-0.25, -0.2) is 9.97 Å². The van der Waals surface area contributed by atoms with Gasteiger partial charge in [0.2, 0.25) is 0 Å². The SMILES string of the molecule is CCOc1nc2c(s1)C(=O)N(c1cc(-c3ncc(C)cc3C)c(Cl)cn1)CC2. The van der Waals surface area contributed by atoms with Crippen LogP contribution in [0.5, 0.6) is 5.19 Å². The number of aromatic nitrogens is 3. The van der Waals surface area contributed by atoms with Crippen LogP contribution in [0.25, 0.3) is 11.3 Å². The second kappa shape index (κ2) is 7.48. The van der Waals surface area contributed by atoms with Crippen LogP contribution in [0.3, 0.4) is 0 Å². The first-order valence-corrected chi connectivity index (χ1v) is 10.2. The third-order valence-electron chi connectivity index (χ3n) is 4.54. The summed E-state index contributed by atoms with van der Waals surface area (Å²) < 4.78 is 5.46. The third kappa shape index (κ3) is 3.36. The number of thiazole rings is 1. The molecule has 0 saturated carbocycles. The molecule has 3 aromatic heterocycles. The first-order chi connectivity index (χ1) is 13.5. The zero-order valence-electron chi connectivity index (χ0n) is 15.8. The topological polar surface area (TPSA) is 68.2 Å². The van der Waals surface area contributed by atoms with Crippen LogP contribution in [-0.2, 0) is 6.42 Å². The average Bonchev–Trinajstić information content (AvgIpc) is 3.07. The van der Waals surface area contributed by atoms with E-state index in [2.05, 4.69) is 21.0 Å². The van der Waals surface area contributed by atoms with Crippen molar-refractivity contribution < 1.29 is 9.53 Å². The Kier molecular flexibility index (Phi) is 5.03. The van der Waals surface area contributed by atoms with Gasteiger partial charge in [0.1, 0.15) is 10.7 Å². The molecule has 4 heterocycles. The molecule has 4 rings (SSSR count). The van der Waals surface area contributed by atoms with Gasteiger partial charge in [-0.15, -0.1) is 0 Å². The molecule has 0 aromatic carbocycles. The third-order valence-corrected chi connectivity index (χ3v) is 5.84. The van der Waals surface area contributed by atoms with Crippen molar-refractivity contribution >= 4 is 34.7 Å². The standard InChI is InChI=1S/C20H19ClN4O2S/c1-4-27-20-24-15-5-6-25(19(26)18(15)28-20)16-8-13(14(21)10-22-16)17-12(3)7-11(2)9-23-17/h7-10H,4-6H2,1-3H3. The van der Waals surface area contributed by atoms with Gasteiger partial charge in [-0.1, -0.05) is 29.0 Å². The summed E-state index contributed by atoms with van der Waals surface area (Å²) in [5.41, 5.74) is 4.46. The summed E-state index contributed by atoms with van der Waals surface area (Å²) in [4.78, 5) is 28.7. The lowest BCUT2D eigenvalue weighted by Gasteiger charge is -2.25. The number of carbonyl (C=O) groups excluding carboxylic acids is 1. The van der Waals surface area contributed by atoms with Crippen molar-refractivity contribution in [1.82, 2.24) is 15.0 Å². The Morgan fingerprint density at radius 1 is 1.25 bits per heavy atom. The van der Waals surface area contributed by atoms with Gasteiger partial charge in [0.25, 0.3) is 11.1 Å². The predicted octanol–water partition coefficient (Wildman–Crippen LogP) is 4.47. The summed E-state index contributed by atoms with van der Waals surface area (Å²) in [7, 11) is 0. The van der Waals surface area contributed by atoms with E-state index in [0.717, 1.165) is 28.1 Å². The normalized spacial score (nSPS) is 13.6. The van der Waals surface area contributed by atoms with Crippen LogP contribution in [0.1, 0.15) is 33.4 Å². The van der Waals surface area contributed by atoms with Gasteiger partial charge in [0.15, 0.2) is 0 Å². The van der Waals surface area contributed by atoms with Gasteiger partial charge >= 0.3 is 0 Å². The Morgan fingerprint density at radius 3 is 2.82 bits per heavy atom. The average molecular weight is 415 g/mol. The molecule has 8 heteroatoms. The highest BCUT2D eigenvalue weighted by atomic mass is 35.5. The molecular formula is C20H19ClN4O2S. The molecule has 0 atom stereocenters. The largest absolute Gasteiger partial charge is 0.470 e. The van der Waals surface area contributed by atoms with Gasteiger partial charge in [-0.05, 0) is 38.0 Å². The molecule has 0 unspecified atom stereocenters. The number of hydrogen-bond acceptors (Lipinski definition) is 6. The molecule has 1 aliphatic heterocycles. The van der Waals surface area contributed by atoms with Crippen molar-refractivity contribution in [3.8, 4) is 16.5 Å². The molecule has 0 saturated heterocycles. The molecule has 0 N–H and O–H groups in total. The predicted molar refractivity (Wildman–Crippen MR) is 111 cm³/mol. The molecule has 28 heavy (non-hydrogen) atoms. The lowest BCUT2D eigenvalue weighted by Crippen LogP contribution is -2.37. The van der Waals surface area contributed by atoms with Crippen LogP contribution in [0, 0.1) is 13.8 Å². The monoisotopic (exact) mass is 414 g/mol. The van der Waals surface area contributed by atoms with Gasteiger partial charge in [0, 0.05) is 30.9 Å². The Balaban J connectivity index is 1.71. The number of rotatable bonds is 4. The molecule has 1 amide bonds. The van der Waals surface area contributed by atoms with E-state index in [9.17, 15) is 4.79 Å². The van der Waals surface area contributed by atoms with Gasteiger partial charge in [0.05, 0.1) is 23.0 Å². The van der Waals surface area contributed by atoms with Crippen molar-refractivity contribution in [2.45, 2.75) is 27.2 Å². The highest BCUT2D eigenvalue weighted by Crippen LogP contribution is 2.35. The van der Waals surface area contributed by atoms with Crippen molar-refractivity contribution in [2.24, 2.45) is 0 Å². The van der Waals surface area contributed by atoms with Crippen molar-refractivity contribution in [3.05, 3.63) is 51.2 Å². The number of carbonyl (C=O) groups is 1. The fourth-order valence-corrected chi connectivity index (χ4v) is 4.43. The maximum atomic E-state index is 13.0. The summed E-state index contributed by atoms with van der Waals surface area (Å²) in [5.74, 6) is 0.447. The quantitative estimate of drug-likeness (QED) is 0.629. The number of aryl methyl sites for hydroxylation is 2. The van der Waals surface area contributed by atoms with Crippen LogP contribution in [-0.4, -0.2) is 34.0 Å². The minimum Gasteiger partial charge on any atom is -0.470 e. The van der Waals surface area contributed by atoms with Crippen molar-refractivity contribution in [2.75, 3.05) is 18.1 Å². The van der Waals surface area contributed by atoms with Crippen LogP contribution >= 0.6 is 22.9 Å². The molecule has 3 aromatic rings. The second-order valence-corrected chi connectivity index (χ2v) is 7.96. The summed E-state index contributed by atoms with van der Waals surface area (Å²) in [5, 5.41) is 1.04. The zero-order valence-corrected chi connectivity index (χ0v) is 17.4. The van der Waals surface area contributed by atoms with Crippen LogP contribution < -0.4 is 9.64 Å². The number of hydrogen-bond donors (Lipinski definition) is 0. The van der Waals surface area contributed by atoms with E-state index in [-0.39, 0.29) is 5.91 Å². The van der Waals surface area contributed by atoms with Gasteiger partial charge in [-0.3, -0.25) is 14.7 Å². The number of halogens is 1. The molecule has 0 bridgehead atoms. The smallest absolute Gasteiger partial charge is 0.274 e. The lowest BCUT2D eigenvalue weighted by molar-refractivity contribution is 0.0983. The van der Waals surface area contributed by atoms with Crippen LogP contribution in [0.4, 0.5) is 5.82 Å². The van der Waals surface area contributed by atoms with E-state index in [4.69, 9.17) is 16.3 Å².